The Balaban J connectivity index is 2.40. The normalized spacial score (nSPS) is 12.4. The molecule has 0 amide bonds. The van der Waals surface area contributed by atoms with Crippen LogP contribution >= 0.6 is 0 Å². The molecule has 0 saturated heterocycles. The number of rotatable bonds is 5. The van der Waals surface area contributed by atoms with E-state index in [2.05, 4.69) is 28.6 Å². The summed E-state index contributed by atoms with van der Waals surface area (Å²) in [6.07, 6.45) is 3.23. The third kappa shape index (κ3) is 2.82. The van der Waals surface area contributed by atoms with Crippen LogP contribution in [-0.2, 0) is 13.6 Å². The molecule has 0 aromatic carbocycles. The Morgan fingerprint density at radius 3 is 3.00 bits per heavy atom. The molecular weight excluding hydrogens is 178 g/mol. The van der Waals surface area contributed by atoms with Gasteiger partial charge in [-0.1, -0.05) is 12.1 Å². The SMILES string of the molecule is CCC(CC#N)NCc1cnnn1C. The number of hydrogen-bond acceptors (Lipinski definition) is 4. The molecule has 1 unspecified atom stereocenters. The van der Waals surface area contributed by atoms with Crippen LogP contribution in [0.15, 0.2) is 6.20 Å². The molecular formula is C9H15N5. The predicted octanol–water partition coefficient (Wildman–Crippen LogP) is 0.597. The molecule has 0 radical (unpaired) electrons. The van der Waals surface area contributed by atoms with Crippen molar-refractivity contribution in [1.29, 1.82) is 5.26 Å². The lowest BCUT2D eigenvalue weighted by molar-refractivity contribution is 0.490. The van der Waals surface area contributed by atoms with Crippen molar-refractivity contribution in [3.63, 3.8) is 0 Å². The lowest BCUT2D eigenvalue weighted by Crippen LogP contribution is -2.28. The molecule has 76 valence electrons. The van der Waals surface area contributed by atoms with E-state index in [1.54, 1.807) is 10.9 Å². The minimum atomic E-state index is 0.259. The van der Waals surface area contributed by atoms with Gasteiger partial charge in [0.1, 0.15) is 0 Å². The van der Waals surface area contributed by atoms with E-state index in [9.17, 15) is 0 Å². The van der Waals surface area contributed by atoms with E-state index in [0.717, 1.165) is 12.1 Å². The third-order valence-electron chi connectivity index (χ3n) is 2.21. The summed E-state index contributed by atoms with van der Waals surface area (Å²) in [6.45, 7) is 2.78. The van der Waals surface area contributed by atoms with Gasteiger partial charge in [0.25, 0.3) is 0 Å². The van der Waals surface area contributed by atoms with Gasteiger partial charge >= 0.3 is 0 Å². The Kier molecular flexibility index (Phi) is 4.08. The molecule has 0 aliphatic heterocycles. The van der Waals surface area contributed by atoms with Crippen LogP contribution in [0.2, 0.25) is 0 Å². The summed E-state index contributed by atoms with van der Waals surface area (Å²) < 4.78 is 1.73. The van der Waals surface area contributed by atoms with Gasteiger partial charge in [0.05, 0.1) is 24.4 Å². The van der Waals surface area contributed by atoms with Crippen molar-refractivity contribution in [2.75, 3.05) is 0 Å². The highest BCUT2D eigenvalue weighted by Gasteiger charge is 2.06. The smallest absolute Gasteiger partial charge is 0.0738 e. The van der Waals surface area contributed by atoms with Crippen LogP contribution in [-0.4, -0.2) is 21.0 Å². The molecule has 0 aliphatic carbocycles. The van der Waals surface area contributed by atoms with Gasteiger partial charge in [-0.25, -0.2) is 0 Å². The maximum Gasteiger partial charge on any atom is 0.0738 e. The Labute approximate surface area is 83.7 Å². The number of aromatic nitrogens is 3. The van der Waals surface area contributed by atoms with E-state index in [1.807, 2.05) is 7.05 Å². The molecule has 0 fully saturated rings. The Morgan fingerprint density at radius 2 is 2.50 bits per heavy atom. The third-order valence-corrected chi connectivity index (χ3v) is 2.21. The first-order chi connectivity index (χ1) is 6.77. The highest BCUT2D eigenvalue weighted by Crippen LogP contribution is 1.99. The zero-order valence-electron chi connectivity index (χ0n) is 8.56. The second kappa shape index (κ2) is 5.35. The first kappa shape index (κ1) is 10.7. The minimum absolute atomic E-state index is 0.259. The van der Waals surface area contributed by atoms with Crippen LogP contribution in [0.1, 0.15) is 25.5 Å². The first-order valence-corrected chi connectivity index (χ1v) is 4.71. The number of nitrogens with one attached hydrogen (secondary N) is 1. The van der Waals surface area contributed by atoms with Crippen molar-refractivity contribution < 1.29 is 0 Å². The maximum absolute atomic E-state index is 8.56. The average molecular weight is 193 g/mol. The fourth-order valence-electron chi connectivity index (χ4n) is 1.19. The van der Waals surface area contributed by atoms with E-state index >= 15 is 0 Å². The number of nitriles is 1. The Hall–Kier alpha value is -1.41. The molecule has 5 heteroatoms. The molecule has 1 rings (SSSR count). The van der Waals surface area contributed by atoms with Gasteiger partial charge in [-0.2, -0.15) is 5.26 Å². The molecule has 1 heterocycles. The first-order valence-electron chi connectivity index (χ1n) is 4.71. The van der Waals surface area contributed by atoms with Gasteiger partial charge in [0, 0.05) is 19.6 Å². The molecule has 1 aromatic rings. The summed E-state index contributed by atoms with van der Waals surface area (Å²) in [5, 5.41) is 19.5. The summed E-state index contributed by atoms with van der Waals surface area (Å²) in [5.41, 5.74) is 1.03. The highest BCUT2D eigenvalue weighted by atomic mass is 15.4. The standard InChI is InChI=1S/C9H15N5/c1-3-8(4-5-10)11-6-9-7-12-13-14(9)2/h7-8,11H,3-4,6H2,1-2H3. The second-order valence-corrected chi connectivity index (χ2v) is 3.20. The van der Waals surface area contributed by atoms with Crippen LogP contribution in [0.5, 0.6) is 0 Å². The van der Waals surface area contributed by atoms with Gasteiger partial charge in [-0.3, -0.25) is 4.68 Å². The van der Waals surface area contributed by atoms with E-state index in [4.69, 9.17) is 5.26 Å². The van der Waals surface area contributed by atoms with Gasteiger partial charge in [-0.15, -0.1) is 5.10 Å². The van der Waals surface area contributed by atoms with E-state index in [1.165, 1.54) is 0 Å². The van der Waals surface area contributed by atoms with E-state index in [0.29, 0.717) is 13.0 Å². The quantitative estimate of drug-likeness (QED) is 0.743. The molecule has 0 aliphatic rings. The molecule has 1 N–H and O–H groups in total. The van der Waals surface area contributed by atoms with Crippen molar-refractivity contribution in [3.8, 4) is 6.07 Å². The monoisotopic (exact) mass is 193 g/mol. The molecule has 0 spiro atoms. The fraction of sp³-hybridized carbons (Fsp3) is 0.667. The molecule has 0 saturated carbocycles. The number of nitrogens with zero attached hydrogens (tertiary/aromatic N) is 4. The molecule has 1 aromatic heterocycles. The van der Waals surface area contributed by atoms with Crippen molar-refractivity contribution in [3.05, 3.63) is 11.9 Å². The van der Waals surface area contributed by atoms with Crippen LogP contribution in [0.25, 0.3) is 0 Å². The summed E-state index contributed by atoms with van der Waals surface area (Å²) in [7, 11) is 1.86. The summed E-state index contributed by atoms with van der Waals surface area (Å²) in [6, 6.07) is 2.42. The average Bonchev–Trinajstić information content (AvgIpc) is 2.59. The van der Waals surface area contributed by atoms with Crippen molar-refractivity contribution in [1.82, 2.24) is 20.3 Å². The van der Waals surface area contributed by atoms with E-state index in [-0.39, 0.29) is 6.04 Å². The van der Waals surface area contributed by atoms with Gasteiger partial charge in [-0.05, 0) is 6.42 Å². The lowest BCUT2D eigenvalue weighted by atomic mass is 10.1. The zero-order valence-corrected chi connectivity index (χ0v) is 8.56. The molecule has 14 heavy (non-hydrogen) atoms. The van der Waals surface area contributed by atoms with Gasteiger partial charge in [0.15, 0.2) is 0 Å². The zero-order chi connectivity index (χ0) is 10.4. The largest absolute Gasteiger partial charge is 0.307 e. The lowest BCUT2D eigenvalue weighted by Gasteiger charge is -2.12. The molecule has 0 bridgehead atoms. The topological polar surface area (TPSA) is 66.5 Å². The summed E-state index contributed by atoms with van der Waals surface area (Å²) in [4.78, 5) is 0. The molecule has 1 atom stereocenters. The maximum atomic E-state index is 8.56. The van der Waals surface area contributed by atoms with Gasteiger partial charge < -0.3 is 5.32 Å². The summed E-state index contributed by atoms with van der Waals surface area (Å²) in [5.74, 6) is 0. The van der Waals surface area contributed by atoms with Crippen LogP contribution < -0.4 is 5.32 Å². The number of aryl methyl sites for hydroxylation is 1. The summed E-state index contributed by atoms with van der Waals surface area (Å²) >= 11 is 0. The highest BCUT2D eigenvalue weighted by molar-refractivity contribution is 4.93. The van der Waals surface area contributed by atoms with Crippen molar-refractivity contribution in [2.24, 2.45) is 7.05 Å². The Bertz CT molecular complexity index is 311. The number of hydrogen-bond donors (Lipinski definition) is 1. The second-order valence-electron chi connectivity index (χ2n) is 3.20. The predicted molar refractivity (Wildman–Crippen MR) is 52.2 cm³/mol. The van der Waals surface area contributed by atoms with Crippen molar-refractivity contribution in [2.45, 2.75) is 32.4 Å². The van der Waals surface area contributed by atoms with Crippen molar-refractivity contribution >= 4 is 0 Å². The fourth-order valence-corrected chi connectivity index (χ4v) is 1.19. The van der Waals surface area contributed by atoms with Crippen LogP contribution in [0.3, 0.4) is 0 Å². The van der Waals surface area contributed by atoms with Crippen LogP contribution in [0, 0.1) is 11.3 Å². The van der Waals surface area contributed by atoms with E-state index < -0.39 is 0 Å². The minimum Gasteiger partial charge on any atom is -0.307 e. The van der Waals surface area contributed by atoms with Gasteiger partial charge in [0.2, 0.25) is 0 Å². The van der Waals surface area contributed by atoms with Crippen LogP contribution in [0.4, 0.5) is 0 Å². The Morgan fingerprint density at radius 1 is 1.71 bits per heavy atom. The molecule has 5 nitrogen and oxygen atoms in total.